The highest BCUT2D eigenvalue weighted by Crippen LogP contribution is 2.16. The van der Waals surface area contributed by atoms with Gasteiger partial charge in [-0.25, -0.2) is 4.99 Å². The Hall–Kier alpha value is -1.51. The summed E-state index contributed by atoms with van der Waals surface area (Å²) >= 11 is 0. The molecular weight excluding hydrogens is 419 g/mol. The van der Waals surface area contributed by atoms with E-state index >= 15 is 0 Å². The van der Waals surface area contributed by atoms with E-state index in [1.54, 1.807) is 6.26 Å². The zero-order valence-electron chi connectivity index (χ0n) is 14.6. The predicted molar refractivity (Wildman–Crippen MR) is 106 cm³/mol. The Bertz CT molecular complexity index is 587. The minimum Gasteiger partial charge on any atom is -0.469 e. The first-order valence-electron chi connectivity index (χ1n) is 8.29. The van der Waals surface area contributed by atoms with Gasteiger partial charge in [0.25, 0.3) is 0 Å². The average Bonchev–Trinajstić information content (AvgIpc) is 3.21. The molecule has 24 heavy (non-hydrogen) atoms. The fraction of sp³-hybridized carbons (Fsp3) is 0.529. The molecule has 0 unspecified atom stereocenters. The highest BCUT2D eigenvalue weighted by Gasteiger charge is 2.13. The molecule has 0 bridgehead atoms. The maximum atomic E-state index is 5.39. The number of furan rings is 1. The van der Waals surface area contributed by atoms with E-state index in [1.165, 1.54) is 0 Å². The Morgan fingerprint density at radius 3 is 2.67 bits per heavy atom. The Morgan fingerprint density at radius 2 is 2.04 bits per heavy atom. The lowest BCUT2D eigenvalue weighted by molar-refractivity contribution is 0.380. The van der Waals surface area contributed by atoms with Crippen molar-refractivity contribution >= 4 is 29.9 Å². The summed E-state index contributed by atoms with van der Waals surface area (Å²) in [6.45, 7) is 8.36. The van der Waals surface area contributed by atoms with Gasteiger partial charge in [-0.3, -0.25) is 0 Å². The van der Waals surface area contributed by atoms with Crippen molar-refractivity contribution in [2.45, 2.75) is 46.6 Å². The normalized spacial score (nSPS) is 11.2. The molecule has 0 atom stereocenters. The fourth-order valence-corrected chi connectivity index (χ4v) is 2.38. The van der Waals surface area contributed by atoms with E-state index in [9.17, 15) is 0 Å². The first kappa shape index (κ1) is 20.5. The van der Waals surface area contributed by atoms with Crippen LogP contribution < -0.4 is 10.6 Å². The van der Waals surface area contributed by atoms with Crippen LogP contribution in [0.25, 0.3) is 0 Å². The summed E-state index contributed by atoms with van der Waals surface area (Å²) in [6, 6.07) is 3.88. The largest absolute Gasteiger partial charge is 0.469 e. The van der Waals surface area contributed by atoms with E-state index in [-0.39, 0.29) is 24.0 Å². The van der Waals surface area contributed by atoms with Gasteiger partial charge in [0, 0.05) is 31.5 Å². The number of rotatable bonds is 8. The van der Waals surface area contributed by atoms with Gasteiger partial charge >= 0.3 is 0 Å². The standard InChI is InChI=1S/C17H26N4O2.HI/c1-4-15-14(16(5-2)23-21-15)12-20-17(18-6-3)19-10-9-13-8-7-11-22-13;/h7-8,11H,4-6,9-10,12H2,1-3H3,(H2,18,19,20);1H. The van der Waals surface area contributed by atoms with Gasteiger partial charge in [0.15, 0.2) is 5.96 Å². The Balaban J connectivity index is 0.00000288. The Kier molecular flexibility index (Phi) is 9.51. The van der Waals surface area contributed by atoms with E-state index < -0.39 is 0 Å². The van der Waals surface area contributed by atoms with Crippen molar-refractivity contribution in [3.8, 4) is 0 Å². The number of aryl methyl sites for hydroxylation is 2. The first-order chi connectivity index (χ1) is 11.3. The maximum Gasteiger partial charge on any atom is 0.191 e. The van der Waals surface area contributed by atoms with Gasteiger partial charge in [-0.15, -0.1) is 24.0 Å². The van der Waals surface area contributed by atoms with Crippen molar-refractivity contribution in [1.82, 2.24) is 15.8 Å². The number of nitrogens with one attached hydrogen (secondary N) is 2. The molecule has 7 heteroatoms. The van der Waals surface area contributed by atoms with Crippen LogP contribution in [0.3, 0.4) is 0 Å². The van der Waals surface area contributed by atoms with Crippen LogP contribution in [0, 0.1) is 0 Å². The van der Waals surface area contributed by atoms with Gasteiger partial charge in [0.1, 0.15) is 11.5 Å². The molecule has 0 radical (unpaired) electrons. The van der Waals surface area contributed by atoms with Gasteiger partial charge in [-0.2, -0.15) is 0 Å². The molecule has 2 heterocycles. The van der Waals surface area contributed by atoms with Crippen molar-refractivity contribution in [3.05, 3.63) is 41.2 Å². The molecule has 0 fully saturated rings. The van der Waals surface area contributed by atoms with Crippen LogP contribution in [0.15, 0.2) is 32.3 Å². The van der Waals surface area contributed by atoms with E-state index in [4.69, 9.17) is 8.94 Å². The second-order valence-corrected chi connectivity index (χ2v) is 5.19. The summed E-state index contributed by atoms with van der Waals surface area (Å²) in [4.78, 5) is 4.66. The summed E-state index contributed by atoms with van der Waals surface area (Å²) in [7, 11) is 0. The van der Waals surface area contributed by atoms with E-state index in [0.717, 1.165) is 61.1 Å². The van der Waals surface area contributed by atoms with E-state index in [1.807, 2.05) is 12.1 Å². The number of aromatic nitrogens is 1. The molecule has 2 aromatic heterocycles. The molecular formula is C17H27IN4O2. The minimum atomic E-state index is 0. The third-order valence-corrected chi connectivity index (χ3v) is 3.59. The van der Waals surface area contributed by atoms with Crippen molar-refractivity contribution in [2.24, 2.45) is 4.99 Å². The third-order valence-electron chi connectivity index (χ3n) is 3.59. The topological polar surface area (TPSA) is 75.6 Å². The SMILES string of the molecule is CCNC(=NCc1c(CC)noc1CC)NCCc1ccco1.I. The Labute approximate surface area is 160 Å². The highest BCUT2D eigenvalue weighted by molar-refractivity contribution is 14.0. The second-order valence-electron chi connectivity index (χ2n) is 5.19. The summed E-state index contributed by atoms with van der Waals surface area (Å²) in [5.41, 5.74) is 2.11. The second kappa shape index (κ2) is 11.1. The summed E-state index contributed by atoms with van der Waals surface area (Å²) < 4.78 is 10.7. The van der Waals surface area contributed by atoms with Crippen LogP contribution in [0.2, 0.25) is 0 Å². The van der Waals surface area contributed by atoms with Crippen molar-refractivity contribution < 1.29 is 8.94 Å². The zero-order chi connectivity index (χ0) is 16.5. The van der Waals surface area contributed by atoms with Gasteiger partial charge in [-0.1, -0.05) is 19.0 Å². The van der Waals surface area contributed by atoms with Crippen LogP contribution in [0.4, 0.5) is 0 Å². The molecule has 0 aromatic carbocycles. The van der Waals surface area contributed by atoms with Crippen LogP contribution in [0.5, 0.6) is 0 Å². The number of hydrogen-bond donors (Lipinski definition) is 2. The molecule has 0 spiro atoms. The number of halogens is 1. The Morgan fingerprint density at radius 1 is 1.21 bits per heavy atom. The van der Waals surface area contributed by atoms with Crippen LogP contribution in [-0.4, -0.2) is 24.2 Å². The number of aliphatic imine (C=N–C) groups is 1. The van der Waals surface area contributed by atoms with E-state index in [0.29, 0.717) is 6.54 Å². The molecule has 0 aliphatic carbocycles. The van der Waals surface area contributed by atoms with Gasteiger partial charge < -0.3 is 19.6 Å². The van der Waals surface area contributed by atoms with Crippen molar-refractivity contribution in [2.75, 3.05) is 13.1 Å². The first-order valence-corrected chi connectivity index (χ1v) is 8.29. The number of nitrogens with zero attached hydrogens (tertiary/aromatic N) is 2. The van der Waals surface area contributed by atoms with Crippen LogP contribution in [0.1, 0.15) is 43.5 Å². The summed E-state index contributed by atoms with van der Waals surface area (Å²) in [6.07, 6.45) is 4.21. The maximum absolute atomic E-state index is 5.39. The van der Waals surface area contributed by atoms with Crippen molar-refractivity contribution in [3.63, 3.8) is 0 Å². The third kappa shape index (κ3) is 5.85. The zero-order valence-corrected chi connectivity index (χ0v) is 16.9. The summed E-state index contributed by atoms with van der Waals surface area (Å²) in [5.74, 6) is 2.69. The summed E-state index contributed by atoms with van der Waals surface area (Å²) in [5, 5.41) is 10.7. The number of guanidine groups is 1. The monoisotopic (exact) mass is 446 g/mol. The molecule has 134 valence electrons. The molecule has 0 saturated carbocycles. The average molecular weight is 446 g/mol. The van der Waals surface area contributed by atoms with Crippen molar-refractivity contribution in [1.29, 1.82) is 0 Å². The molecule has 2 aromatic rings. The molecule has 0 aliphatic heterocycles. The van der Waals surface area contributed by atoms with E-state index in [2.05, 4.69) is 41.6 Å². The molecule has 0 aliphatic rings. The van der Waals surface area contributed by atoms with Crippen LogP contribution in [-0.2, 0) is 25.8 Å². The molecule has 0 saturated heterocycles. The molecule has 2 N–H and O–H groups in total. The number of hydrogen-bond acceptors (Lipinski definition) is 4. The lowest BCUT2D eigenvalue weighted by Crippen LogP contribution is -2.38. The quantitative estimate of drug-likeness (QED) is 0.370. The van der Waals surface area contributed by atoms with Gasteiger partial charge in [-0.05, 0) is 25.5 Å². The van der Waals surface area contributed by atoms with Gasteiger partial charge in [0.05, 0.1) is 18.5 Å². The lowest BCUT2D eigenvalue weighted by atomic mass is 10.1. The molecule has 0 amide bonds. The molecule has 2 rings (SSSR count). The highest BCUT2D eigenvalue weighted by atomic mass is 127. The van der Waals surface area contributed by atoms with Crippen LogP contribution >= 0.6 is 24.0 Å². The fourth-order valence-electron chi connectivity index (χ4n) is 2.38. The minimum absolute atomic E-state index is 0. The lowest BCUT2D eigenvalue weighted by Gasteiger charge is -2.10. The molecule has 6 nitrogen and oxygen atoms in total. The smallest absolute Gasteiger partial charge is 0.191 e. The van der Waals surface area contributed by atoms with Gasteiger partial charge in [0.2, 0.25) is 0 Å². The predicted octanol–water partition coefficient (Wildman–Crippen LogP) is 3.31.